The average molecular weight is 339 g/mol. The summed E-state index contributed by atoms with van der Waals surface area (Å²) >= 11 is 1.49. The number of nitrogens with one attached hydrogen (secondary N) is 1. The summed E-state index contributed by atoms with van der Waals surface area (Å²) in [6, 6.07) is 13.3. The molecule has 5 nitrogen and oxygen atoms in total. The molecule has 6 heteroatoms. The highest BCUT2D eigenvalue weighted by Crippen LogP contribution is 2.26. The normalized spacial score (nSPS) is 10.9. The zero-order valence-corrected chi connectivity index (χ0v) is 14.2. The van der Waals surface area contributed by atoms with Crippen molar-refractivity contribution in [1.29, 1.82) is 0 Å². The van der Waals surface area contributed by atoms with E-state index in [-0.39, 0.29) is 5.75 Å². The Bertz CT molecular complexity index is 857. The van der Waals surface area contributed by atoms with Gasteiger partial charge in [-0.2, -0.15) is 5.10 Å². The largest absolute Gasteiger partial charge is 0.504 e. The van der Waals surface area contributed by atoms with E-state index in [0.29, 0.717) is 10.9 Å². The second-order valence-corrected chi connectivity index (χ2v) is 6.06. The molecule has 1 aromatic heterocycles. The number of thiazole rings is 1. The molecular weight excluding hydrogens is 322 g/mol. The third-order valence-corrected chi connectivity index (χ3v) is 4.18. The first-order valence-electron chi connectivity index (χ1n) is 7.34. The van der Waals surface area contributed by atoms with Gasteiger partial charge in [-0.25, -0.2) is 4.98 Å². The number of hydrogen-bond acceptors (Lipinski definition) is 6. The van der Waals surface area contributed by atoms with Crippen LogP contribution in [0.4, 0.5) is 5.13 Å². The Labute approximate surface area is 144 Å². The molecule has 0 spiro atoms. The summed E-state index contributed by atoms with van der Waals surface area (Å²) in [5, 5.41) is 16.6. The highest BCUT2D eigenvalue weighted by Gasteiger charge is 2.04. The first kappa shape index (κ1) is 16.0. The lowest BCUT2D eigenvalue weighted by atomic mass is 10.1. The van der Waals surface area contributed by atoms with E-state index in [1.165, 1.54) is 24.0 Å². The van der Waals surface area contributed by atoms with Crippen LogP contribution in [0.15, 0.2) is 52.9 Å². The summed E-state index contributed by atoms with van der Waals surface area (Å²) in [6.07, 6.45) is 1.62. The van der Waals surface area contributed by atoms with Crippen molar-refractivity contribution >= 4 is 22.7 Å². The molecule has 0 bridgehead atoms. The average Bonchev–Trinajstić information content (AvgIpc) is 3.04. The second-order valence-electron chi connectivity index (χ2n) is 5.21. The predicted octanol–water partition coefficient (Wildman–Crippen LogP) is 4.28. The van der Waals surface area contributed by atoms with Crippen molar-refractivity contribution < 1.29 is 9.84 Å². The van der Waals surface area contributed by atoms with E-state index in [4.69, 9.17) is 4.74 Å². The monoisotopic (exact) mass is 339 g/mol. The van der Waals surface area contributed by atoms with Crippen molar-refractivity contribution in [2.24, 2.45) is 5.10 Å². The topological polar surface area (TPSA) is 66.7 Å². The van der Waals surface area contributed by atoms with Crippen molar-refractivity contribution in [2.45, 2.75) is 6.92 Å². The molecule has 2 aromatic carbocycles. The van der Waals surface area contributed by atoms with Gasteiger partial charge < -0.3 is 9.84 Å². The molecule has 0 amide bonds. The minimum Gasteiger partial charge on any atom is -0.504 e. The van der Waals surface area contributed by atoms with Crippen LogP contribution in [-0.2, 0) is 0 Å². The van der Waals surface area contributed by atoms with Gasteiger partial charge in [-0.1, -0.05) is 29.8 Å². The molecule has 122 valence electrons. The van der Waals surface area contributed by atoms with Gasteiger partial charge in [0.2, 0.25) is 5.13 Å². The number of nitrogens with zero attached hydrogens (tertiary/aromatic N) is 2. The van der Waals surface area contributed by atoms with E-state index in [0.717, 1.165) is 16.8 Å². The number of benzene rings is 2. The van der Waals surface area contributed by atoms with Gasteiger partial charge in [0.1, 0.15) is 0 Å². The fourth-order valence-electron chi connectivity index (χ4n) is 2.13. The molecule has 0 aliphatic carbocycles. The van der Waals surface area contributed by atoms with Crippen LogP contribution in [0.3, 0.4) is 0 Å². The summed E-state index contributed by atoms with van der Waals surface area (Å²) in [5.41, 5.74) is 6.88. The van der Waals surface area contributed by atoms with Crippen LogP contribution in [-0.4, -0.2) is 23.4 Å². The molecule has 0 atom stereocenters. The SMILES string of the molecule is COc1ccc(/C=N\Nc2nc(-c3ccc(C)cc3)cs2)cc1O. The molecule has 24 heavy (non-hydrogen) atoms. The molecule has 3 aromatic rings. The summed E-state index contributed by atoms with van der Waals surface area (Å²) in [5.74, 6) is 0.514. The summed E-state index contributed by atoms with van der Waals surface area (Å²) < 4.78 is 5.01. The van der Waals surface area contributed by atoms with Crippen LogP contribution < -0.4 is 10.2 Å². The van der Waals surface area contributed by atoms with Crippen LogP contribution in [0, 0.1) is 6.92 Å². The van der Waals surface area contributed by atoms with Crippen molar-refractivity contribution in [2.75, 3.05) is 12.5 Å². The number of phenols is 1. The highest BCUT2D eigenvalue weighted by atomic mass is 32.1. The number of hydrogen-bond donors (Lipinski definition) is 2. The number of aromatic hydroxyl groups is 1. The van der Waals surface area contributed by atoms with Crippen molar-refractivity contribution in [3.63, 3.8) is 0 Å². The molecule has 0 aliphatic rings. The van der Waals surface area contributed by atoms with Gasteiger partial charge >= 0.3 is 0 Å². The Hall–Kier alpha value is -2.86. The maximum Gasteiger partial charge on any atom is 0.203 e. The number of aryl methyl sites for hydroxylation is 1. The standard InChI is InChI=1S/C18H17N3O2S/c1-12-3-6-14(7-4-12)15-11-24-18(20-15)21-19-10-13-5-8-17(23-2)16(22)9-13/h3-11,22H,1-2H3,(H,20,21)/b19-10-. The van der Waals surface area contributed by atoms with Gasteiger partial charge in [0.25, 0.3) is 0 Å². The molecular formula is C18H17N3O2S. The third-order valence-electron chi connectivity index (χ3n) is 3.43. The quantitative estimate of drug-likeness (QED) is 0.538. The molecule has 0 aliphatic heterocycles. The van der Waals surface area contributed by atoms with Crippen molar-refractivity contribution in [3.05, 3.63) is 59.0 Å². The van der Waals surface area contributed by atoms with E-state index >= 15 is 0 Å². The molecule has 0 saturated heterocycles. The molecule has 1 heterocycles. The predicted molar refractivity (Wildman–Crippen MR) is 98.2 cm³/mol. The Balaban J connectivity index is 1.67. The van der Waals surface area contributed by atoms with Crippen LogP contribution in [0.2, 0.25) is 0 Å². The summed E-state index contributed by atoms with van der Waals surface area (Å²) in [7, 11) is 1.51. The van der Waals surface area contributed by atoms with E-state index in [1.54, 1.807) is 18.3 Å². The Morgan fingerprint density at radius 3 is 2.71 bits per heavy atom. The molecule has 2 N–H and O–H groups in total. The fraction of sp³-hybridized carbons (Fsp3) is 0.111. The van der Waals surface area contributed by atoms with Crippen molar-refractivity contribution in [1.82, 2.24) is 4.98 Å². The van der Waals surface area contributed by atoms with Gasteiger partial charge in [-0.15, -0.1) is 11.3 Å². The van der Waals surface area contributed by atoms with Crippen LogP contribution in [0.1, 0.15) is 11.1 Å². The van der Waals surface area contributed by atoms with Gasteiger partial charge in [0.15, 0.2) is 11.5 Å². The number of ether oxygens (including phenoxy) is 1. The van der Waals surface area contributed by atoms with E-state index in [9.17, 15) is 5.11 Å². The number of aromatic nitrogens is 1. The zero-order chi connectivity index (χ0) is 16.9. The number of rotatable bonds is 5. The summed E-state index contributed by atoms with van der Waals surface area (Å²) in [4.78, 5) is 4.51. The third kappa shape index (κ3) is 3.72. The van der Waals surface area contributed by atoms with Crippen LogP contribution >= 0.6 is 11.3 Å². The fourth-order valence-corrected chi connectivity index (χ4v) is 2.80. The molecule has 3 rings (SSSR count). The van der Waals surface area contributed by atoms with Crippen molar-refractivity contribution in [3.8, 4) is 22.8 Å². The molecule has 0 fully saturated rings. The molecule has 0 radical (unpaired) electrons. The van der Waals surface area contributed by atoms with E-state index < -0.39 is 0 Å². The number of hydrazone groups is 1. The maximum atomic E-state index is 9.74. The molecule has 0 saturated carbocycles. The number of phenolic OH excluding ortho intramolecular Hbond substituents is 1. The van der Waals surface area contributed by atoms with Gasteiger partial charge in [0.05, 0.1) is 19.0 Å². The first-order chi connectivity index (χ1) is 11.7. The lowest BCUT2D eigenvalue weighted by Gasteiger charge is -2.02. The zero-order valence-electron chi connectivity index (χ0n) is 13.4. The Morgan fingerprint density at radius 2 is 2.00 bits per heavy atom. The minimum atomic E-state index is 0.0809. The lowest BCUT2D eigenvalue weighted by Crippen LogP contribution is -1.91. The number of methoxy groups -OCH3 is 1. The van der Waals surface area contributed by atoms with E-state index in [2.05, 4.69) is 46.7 Å². The highest BCUT2D eigenvalue weighted by molar-refractivity contribution is 7.14. The smallest absolute Gasteiger partial charge is 0.203 e. The van der Waals surface area contributed by atoms with Gasteiger partial charge in [-0.05, 0) is 30.7 Å². The van der Waals surface area contributed by atoms with Crippen LogP contribution in [0.5, 0.6) is 11.5 Å². The summed E-state index contributed by atoms with van der Waals surface area (Å²) in [6.45, 7) is 2.06. The maximum absolute atomic E-state index is 9.74. The lowest BCUT2D eigenvalue weighted by molar-refractivity contribution is 0.373. The van der Waals surface area contributed by atoms with Gasteiger partial charge in [-0.3, -0.25) is 5.43 Å². The Kier molecular flexibility index (Phi) is 4.77. The van der Waals surface area contributed by atoms with E-state index in [1.807, 2.05) is 11.4 Å². The van der Waals surface area contributed by atoms with Gasteiger partial charge in [0, 0.05) is 10.9 Å². The second kappa shape index (κ2) is 7.14. The minimum absolute atomic E-state index is 0.0809. The number of anilines is 1. The molecule has 0 unspecified atom stereocenters. The van der Waals surface area contributed by atoms with Crippen LogP contribution in [0.25, 0.3) is 11.3 Å². The Morgan fingerprint density at radius 1 is 1.21 bits per heavy atom. The first-order valence-corrected chi connectivity index (χ1v) is 8.22.